The van der Waals surface area contributed by atoms with E-state index in [2.05, 4.69) is 30.3 Å². The highest BCUT2D eigenvalue weighted by Crippen LogP contribution is 2.37. The van der Waals surface area contributed by atoms with Gasteiger partial charge in [-0.2, -0.15) is 0 Å². The summed E-state index contributed by atoms with van der Waals surface area (Å²) in [5.74, 6) is 0.646. The second kappa shape index (κ2) is 6.25. The predicted octanol–water partition coefficient (Wildman–Crippen LogP) is 3.60. The van der Waals surface area contributed by atoms with Crippen molar-refractivity contribution >= 4 is 23.2 Å². The average Bonchev–Trinajstić information content (AvgIpc) is 2.71. The highest BCUT2D eigenvalue weighted by atomic mass is 35.5. The van der Waals surface area contributed by atoms with Gasteiger partial charge in [0, 0.05) is 6.04 Å². The lowest BCUT2D eigenvalue weighted by Crippen LogP contribution is -2.28. The van der Waals surface area contributed by atoms with E-state index in [1.54, 1.807) is 0 Å². The lowest BCUT2D eigenvalue weighted by molar-refractivity contribution is 0.273. The molecule has 1 aliphatic rings. The number of rotatable bonds is 4. The van der Waals surface area contributed by atoms with Crippen LogP contribution >= 0.6 is 23.2 Å². The van der Waals surface area contributed by atoms with E-state index in [-0.39, 0.29) is 0 Å². The molecule has 1 heterocycles. The molecule has 1 N–H and O–H groups in total. The van der Waals surface area contributed by atoms with E-state index in [4.69, 9.17) is 23.2 Å². The summed E-state index contributed by atoms with van der Waals surface area (Å²) in [5.41, 5.74) is 1.27. The number of benzene rings is 1. The smallest absolute Gasteiger partial charge is 0.0595 e. The van der Waals surface area contributed by atoms with Crippen molar-refractivity contribution < 1.29 is 0 Å². The molecule has 1 aromatic rings. The molecule has 1 aromatic carbocycles. The molecule has 0 aromatic heterocycles. The first-order valence-corrected chi connectivity index (χ1v) is 7.25. The molecular weight excluding hydrogens is 267 g/mol. The van der Waals surface area contributed by atoms with E-state index in [9.17, 15) is 0 Å². The largest absolute Gasteiger partial charge is 0.317 e. The third kappa shape index (κ3) is 3.00. The summed E-state index contributed by atoms with van der Waals surface area (Å²) >= 11 is 12.1. The van der Waals surface area contributed by atoms with Gasteiger partial charge in [0.15, 0.2) is 0 Å². The third-order valence-electron chi connectivity index (χ3n) is 3.72. The highest BCUT2D eigenvalue weighted by molar-refractivity contribution is 6.42. The monoisotopic (exact) mass is 286 g/mol. The summed E-state index contributed by atoms with van der Waals surface area (Å²) in [5, 5.41) is 4.73. The molecule has 2 atom stereocenters. The first kappa shape index (κ1) is 14.1. The minimum absolute atomic E-state index is 0.443. The fourth-order valence-corrected chi connectivity index (χ4v) is 3.10. The van der Waals surface area contributed by atoms with Crippen molar-refractivity contribution in [1.82, 2.24) is 10.2 Å². The van der Waals surface area contributed by atoms with Gasteiger partial charge in [0.05, 0.1) is 10.0 Å². The Labute approximate surface area is 119 Å². The van der Waals surface area contributed by atoms with Crippen LogP contribution in [0, 0.1) is 5.92 Å². The second-order valence-corrected chi connectivity index (χ2v) is 5.77. The Morgan fingerprint density at radius 2 is 2.11 bits per heavy atom. The lowest BCUT2D eigenvalue weighted by atomic mass is 9.93. The summed E-state index contributed by atoms with van der Waals surface area (Å²) in [6, 6.07) is 6.45. The summed E-state index contributed by atoms with van der Waals surface area (Å²) in [7, 11) is 2.18. The average molecular weight is 287 g/mol. The maximum Gasteiger partial charge on any atom is 0.0595 e. The molecule has 0 spiro atoms. The van der Waals surface area contributed by atoms with Crippen LogP contribution in [0.25, 0.3) is 0 Å². The van der Waals surface area contributed by atoms with Crippen LogP contribution in [0.2, 0.25) is 10.0 Å². The van der Waals surface area contributed by atoms with Crippen molar-refractivity contribution in [1.29, 1.82) is 0 Å². The molecule has 0 saturated carbocycles. The van der Waals surface area contributed by atoms with Crippen molar-refractivity contribution in [3.05, 3.63) is 33.8 Å². The molecule has 1 fully saturated rings. The van der Waals surface area contributed by atoms with E-state index in [0.717, 1.165) is 19.6 Å². The molecule has 4 heteroatoms. The van der Waals surface area contributed by atoms with Gasteiger partial charge in [-0.3, -0.25) is 4.90 Å². The zero-order valence-corrected chi connectivity index (χ0v) is 12.4. The van der Waals surface area contributed by atoms with Crippen LogP contribution < -0.4 is 5.32 Å². The topological polar surface area (TPSA) is 15.3 Å². The normalized spacial score (nSPS) is 24.7. The predicted molar refractivity (Wildman–Crippen MR) is 78.5 cm³/mol. The number of nitrogens with zero attached hydrogens (tertiary/aromatic N) is 1. The van der Waals surface area contributed by atoms with Crippen LogP contribution in [0.4, 0.5) is 0 Å². The summed E-state index contributed by atoms with van der Waals surface area (Å²) < 4.78 is 0. The van der Waals surface area contributed by atoms with Crippen LogP contribution in [0.5, 0.6) is 0 Å². The zero-order valence-electron chi connectivity index (χ0n) is 10.9. The maximum absolute atomic E-state index is 6.13. The van der Waals surface area contributed by atoms with E-state index in [1.807, 2.05) is 12.1 Å². The third-order valence-corrected chi connectivity index (χ3v) is 4.45. The molecule has 0 bridgehead atoms. The van der Waals surface area contributed by atoms with Crippen LogP contribution in [0.1, 0.15) is 24.9 Å². The molecule has 2 unspecified atom stereocenters. The Bertz CT molecular complexity index is 409. The van der Waals surface area contributed by atoms with Gasteiger partial charge in [-0.15, -0.1) is 0 Å². The highest BCUT2D eigenvalue weighted by Gasteiger charge is 2.32. The molecule has 100 valence electrons. The maximum atomic E-state index is 6.13. The van der Waals surface area contributed by atoms with Gasteiger partial charge in [0.2, 0.25) is 0 Å². The van der Waals surface area contributed by atoms with Gasteiger partial charge in [0.1, 0.15) is 0 Å². The Balaban J connectivity index is 2.19. The first-order chi connectivity index (χ1) is 8.63. The molecule has 18 heavy (non-hydrogen) atoms. The standard InChI is InChI=1S/C14H20Cl2N2/c1-3-17-9-11-6-7-18(2)14(11)10-4-5-12(15)13(16)8-10/h4-5,8,11,14,17H,3,6-7,9H2,1-2H3. The second-order valence-electron chi connectivity index (χ2n) is 4.96. The van der Waals surface area contributed by atoms with Gasteiger partial charge in [0.25, 0.3) is 0 Å². The Morgan fingerprint density at radius 1 is 1.33 bits per heavy atom. The minimum atomic E-state index is 0.443. The van der Waals surface area contributed by atoms with Crippen molar-refractivity contribution in [2.75, 3.05) is 26.7 Å². The van der Waals surface area contributed by atoms with Crippen molar-refractivity contribution in [3.8, 4) is 0 Å². The van der Waals surface area contributed by atoms with Crippen LogP contribution in [-0.2, 0) is 0 Å². The molecule has 0 radical (unpaired) electrons. The Morgan fingerprint density at radius 3 is 2.78 bits per heavy atom. The molecule has 2 nitrogen and oxygen atoms in total. The molecule has 0 amide bonds. The Kier molecular flexibility index (Phi) is 4.91. The zero-order chi connectivity index (χ0) is 13.1. The van der Waals surface area contributed by atoms with Crippen LogP contribution in [0.3, 0.4) is 0 Å². The molecule has 1 aliphatic heterocycles. The first-order valence-electron chi connectivity index (χ1n) is 6.49. The number of halogens is 2. The van der Waals surface area contributed by atoms with Gasteiger partial charge in [-0.25, -0.2) is 0 Å². The summed E-state index contributed by atoms with van der Waals surface area (Å²) in [4.78, 5) is 2.40. The molecule has 2 rings (SSSR count). The number of hydrogen-bond donors (Lipinski definition) is 1. The van der Waals surface area contributed by atoms with Crippen molar-refractivity contribution in [2.45, 2.75) is 19.4 Å². The number of hydrogen-bond acceptors (Lipinski definition) is 2. The number of nitrogens with one attached hydrogen (secondary N) is 1. The van der Waals surface area contributed by atoms with Gasteiger partial charge < -0.3 is 5.32 Å². The fraction of sp³-hybridized carbons (Fsp3) is 0.571. The number of likely N-dealkylation sites (tertiary alicyclic amines) is 1. The van der Waals surface area contributed by atoms with E-state index < -0.39 is 0 Å². The SMILES string of the molecule is CCNCC1CCN(C)C1c1ccc(Cl)c(Cl)c1. The van der Waals surface area contributed by atoms with Crippen LogP contribution in [-0.4, -0.2) is 31.6 Å². The molecular formula is C14H20Cl2N2. The summed E-state index contributed by atoms with van der Waals surface area (Å²) in [6.07, 6.45) is 1.23. The van der Waals surface area contributed by atoms with Gasteiger partial charge in [-0.1, -0.05) is 36.2 Å². The van der Waals surface area contributed by atoms with Crippen LogP contribution in [0.15, 0.2) is 18.2 Å². The van der Waals surface area contributed by atoms with E-state index in [1.165, 1.54) is 12.0 Å². The van der Waals surface area contributed by atoms with Crippen molar-refractivity contribution in [3.63, 3.8) is 0 Å². The van der Waals surface area contributed by atoms with Gasteiger partial charge >= 0.3 is 0 Å². The van der Waals surface area contributed by atoms with Crippen molar-refractivity contribution in [2.24, 2.45) is 5.92 Å². The fourth-order valence-electron chi connectivity index (χ4n) is 2.79. The minimum Gasteiger partial charge on any atom is -0.317 e. The molecule has 1 saturated heterocycles. The summed E-state index contributed by atoms with van der Waals surface area (Å²) in [6.45, 7) is 5.37. The Hall–Kier alpha value is -0.280. The quantitative estimate of drug-likeness (QED) is 0.910. The van der Waals surface area contributed by atoms with E-state index in [0.29, 0.717) is 22.0 Å². The van der Waals surface area contributed by atoms with Gasteiger partial charge in [-0.05, 0) is 56.7 Å². The molecule has 0 aliphatic carbocycles. The lowest BCUT2D eigenvalue weighted by Gasteiger charge is -2.26. The van der Waals surface area contributed by atoms with E-state index >= 15 is 0 Å².